The van der Waals surface area contributed by atoms with E-state index in [1.54, 1.807) is 24.5 Å². The van der Waals surface area contributed by atoms with Crippen LogP contribution in [0.15, 0.2) is 34.3 Å². The van der Waals surface area contributed by atoms with Crippen molar-refractivity contribution in [1.29, 1.82) is 0 Å². The van der Waals surface area contributed by atoms with Gasteiger partial charge in [-0.3, -0.25) is 29.1 Å². The third-order valence-corrected chi connectivity index (χ3v) is 6.65. The Labute approximate surface area is 148 Å². The zero-order chi connectivity index (χ0) is 17.7. The lowest BCUT2D eigenvalue weighted by atomic mass is 9.84. The van der Waals surface area contributed by atoms with E-state index in [4.69, 9.17) is 5.11 Å². The number of rotatable bonds is 3. The van der Waals surface area contributed by atoms with E-state index in [0.29, 0.717) is 15.5 Å². The number of aromatic amines is 1. The standard InChI is InChI=1S/C15H11N3O5S2/c19-7(20)5-18-13(21)9-8(6-2-1-3-16-4-6)10-12(17-15(23)25-10)24-11(9)14(18)22/h1-4,8-9,11H,5H2,(H,17,23)(H,19,20)/t8-,9+,11-/m0/s1. The summed E-state index contributed by atoms with van der Waals surface area (Å²) in [4.78, 5) is 56.2. The molecule has 2 N–H and O–H groups in total. The molecule has 2 aromatic rings. The van der Waals surface area contributed by atoms with Gasteiger partial charge in [-0.15, -0.1) is 0 Å². The van der Waals surface area contributed by atoms with E-state index in [-0.39, 0.29) is 4.87 Å². The molecule has 1 fully saturated rings. The van der Waals surface area contributed by atoms with E-state index in [2.05, 4.69) is 9.97 Å². The van der Waals surface area contributed by atoms with Crippen molar-refractivity contribution in [1.82, 2.24) is 14.9 Å². The molecule has 2 aliphatic rings. The zero-order valence-electron chi connectivity index (χ0n) is 12.5. The van der Waals surface area contributed by atoms with Crippen molar-refractivity contribution in [3.63, 3.8) is 0 Å². The fourth-order valence-electron chi connectivity index (χ4n) is 3.28. The van der Waals surface area contributed by atoms with Crippen molar-refractivity contribution >= 4 is 40.9 Å². The Morgan fingerprint density at radius 3 is 2.80 bits per heavy atom. The Bertz CT molecular complexity index is 938. The first-order valence-corrected chi connectivity index (χ1v) is 9.03. The zero-order valence-corrected chi connectivity index (χ0v) is 14.2. The van der Waals surface area contributed by atoms with Crippen LogP contribution < -0.4 is 4.87 Å². The van der Waals surface area contributed by atoms with Gasteiger partial charge in [0.1, 0.15) is 11.8 Å². The van der Waals surface area contributed by atoms with Gasteiger partial charge >= 0.3 is 10.8 Å². The van der Waals surface area contributed by atoms with Crippen LogP contribution in [-0.2, 0) is 14.4 Å². The van der Waals surface area contributed by atoms with E-state index in [9.17, 15) is 19.2 Å². The van der Waals surface area contributed by atoms with E-state index >= 15 is 0 Å². The van der Waals surface area contributed by atoms with Gasteiger partial charge in [0.05, 0.1) is 10.9 Å². The first-order chi connectivity index (χ1) is 12.0. The van der Waals surface area contributed by atoms with Crippen molar-refractivity contribution in [2.45, 2.75) is 16.2 Å². The Morgan fingerprint density at radius 1 is 1.32 bits per heavy atom. The molecule has 3 atom stereocenters. The maximum atomic E-state index is 12.8. The van der Waals surface area contributed by atoms with Crippen molar-refractivity contribution in [2.24, 2.45) is 5.92 Å². The number of nitrogens with zero attached hydrogens (tertiary/aromatic N) is 2. The van der Waals surface area contributed by atoms with Crippen molar-refractivity contribution < 1.29 is 19.5 Å². The van der Waals surface area contributed by atoms with Crippen molar-refractivity contribution in [3.8, 4) is 0 Å². The molecule has 0 aromatic carbocycles. The number of carboxylic acid groups (broad SMARTS) is 1. The smallest absolute Gasteiger partial charge is 0.323 e. The number of carbonyl (C=O) groups is 3. The van der Waals surface area contributed by atoms with Gasteiger partial charge in [0.25, 0.3) is 0 Å². The number of H-pyrrole nitrogens is 1. The first kappa shape index (κ1) is 16.0. The van der Waals surface area contributed by atoms with Crippen LogP contribution in [0, 0.1) is 5.92 Å². The lowest BCUT2D eigenvalue weighted by molar-refractivity contribution is -0.149. The molecule has 2 aromatic heterocycles. The summed E-state index contributed by atoms with van der Waals surface area (Å²) in [6.07, 6.45) is 3.20. The van der Waals surface area contributed by atoms with Crippen LogP contribution in [0.1, 0.15) is 16.4 Å². The van der Waals surface area contributed by atoms with Gasteiger partial charge in [0.15, 0.2) is 0 Å². The summed E-state index contributed by atoms with van der Waals surface area (Å²) in [5.41, 5.74) is 0.715. The molecule has 8 nitrogen and oxygen atoms in total. The van der Waals surface area contributed by atoms with E-state index in [1.165, 1.54) is 0 Å². The summed E-state index contributed by atoms with van der Waals surface area (Å²) in [6.45, 7) is -0.658. The van der Waals surface area contributed by atoms with Gasteiger partial charge in [-0.25, -0.2) is 0 Å². The quantitative estimate of drug-likeness (QED) is 0.748. The average Bonchev–Trinajstić information content (AvgIpc) is 3.06. The number of hydrogen-bond donors (Lipinski definition) is 2. The molecule has 0 unspecified atom stereocenters. The number of aliphatic carboxylic acids is 1. The number of pyridine rings is 1. The molecule has 2 amide bonds. The maximum absolute atomic E-state index is 12.8. The van der Waals surface area contributed by atoms with Crippen LogP contribution in [0.4, 0.5) is 0 Å². The monoisotopic (exact) mass is 377 g/mol. The number of carbonyl (C=O) groups excluding carboxylic acids is 2. The van der Waals surface area contributed by atoms with Gasteiger partial charge in [-0.2, -0.15) is 0 Å². The maximum Gasteiger partial charge on any atom is 0.323 e. The second-order valence-corrected chi connectivity index (χ2v) is 7.86. The number of imide groups is 1. The van der Waals surface area contributed by atoms with Crippen LogP contribution in [-0.4, -0.2) is 49.6 Å². The summed E-state index contributed by atoms with van der Waals surface area (Å²) >= 11 is 2.12. The molecule has 128 valence electrons. The Kier molecular flexibility index (Phi) is 3.73. The normalized spacial score (nSPS) is 25.0. The highest BCUT2D eigenvalue weighted by molar-refractivity contribution is 8.00. The molecule has 4 heterocycles. The molecule has 4 rings (SSSR count). The molecule has 0 spiro atoms. The minimum absolute atomic E-state index is 0.256. The number of fused-ring (bicyclic) bond motifs is 2. The van der Waals surface area contributed by atoms with Gasteiger partial charge in [0.2, 0.25) is 11.8 Å². The number of hydrogen-bond acceptors (Lipinski definition) is 7. The molecule has 0 bridgehead atoms. The summed E-state index contributed by atoms with van der Waals surface area (Å²) in [5, 5.41) is 8.79. The lowest BCUT2D eigenvalue weighted by Crippen LogP contribution is -2.36. The minimum Gasteiger partial charge on any atom is -0.480 e. The summed E-state index contributed by atoms with van der Waals surface area (Å²) in [5.74, 6) is -3.56. The van der Waals surface area contributed by atoms with E-state index < -0.39 is 41.4 Å². The number of likely N-dealkylation sites (tertiary alicyclic amines) is 1. The van der Waals surface area contributed by atoms with Gasteiger partial charge in [-0.1, -0.05) is 29.2 Å². The highest BCUT2D eigenvalue weighted by atomic mass is 32.2. The summed E-state index contributed by atoms with van der Waals surface area (Å²) in [6, 6.07) is 3.51. The van der Waals surface area contributed by atoms with Crippen LogP contribution in [0.5, 0.6) is 0 Å². The van der Waals surface area contributed by atoms with E-state index in [0.717, 1.165) is 28.0 Å². The number of thioether (sulfide) groups is 1. The number of amides is 2. The Hall–Kier alpha value is -2.46. The summed E-state index contributed by atoms with van der Waals surface area (Å²) in [7, 11) is 0. The molecule has 1 saturated heterocycles. The van der Waals surface area contributed by atoms with Gasteiger partial charge < -0.3 is 10.1 Å². The van der Waals surface area contributed by atoms with Crippen LogP contribution in [0.3, 0.4) is 0 Å². The predicted octanol–water partition coefficient (Wildman–Crippen LogP) is 0.507. The van der Waals surface area contributed by atoms with Gasteiger partial charge in [-0.05, 0) is 11.6 Å². The van der Waals surface area contributed by atoms with E-state index in [1.807, 2.05) is 0 Å². The third-order valence-electron chi connectivity index (χ3n) is 4.25. The second-order valence-electron chi connectivity index (χ2n) is 5.69. The topological polar surface area (TPSA) is 120 Å². The lowest BCUT2D eigenvalue weighted by Gasteiger charge is -2.29. The van der Waals surface area contributed by atoms with Gasteiger partial charge in [0, 0.05) is 23.2 Å². The molecule has 0 radical (unpaired) electrons. The second kappa shape index (κ2) is 5.81. The molecule has 0 saturated carbocycles. The minimum atomic E-state index is -1.24. The fourth-order valence-corrected chi connectivity index (χ4v) is 5.82. The number of thiazole rings is 1. The van der Waals surface area contributed by atoms with Crippen LogP contribution in [0.25, 0.3) is 0 Å². The van der Waals surface area contributed by atoms with Crippen molar-refractivity contribution in [2.75, 3.05) is 6.54 Å². The first-order valence-electron chi connectivity index (χ1n) is 7.34. The third kappa shape index (κ3) is 2.48. The van der Waals surface area contributed by atoms with Crippen LogP contribution in [0.2, 0.25) is 0 Å². The van der Waals surface area contributed by atoms with Crippen LogP contribution >= 0.6 is 23.1 Å². The number of carboxylic acids is 1. The molecular formula is C15H11N3O5S2. The Morgan fingerprint density at radius 2 is 2.12 bits per heavy atom. The Balaban J connectivity index is 1.85. The molecule has 0 aliphatic carbocycles. The average molecular weight is 377 g/mol. The molecule has 10 heteroatoms. The highest BCUT2D eigenvalue weighted by Crippen LogP contribution is 2.52. The molecule has 2 aliphatic heterocycles. The fraction of sp³-hybridized carbons (Fsp3) is 0.267. The number of nitrogens with one attached hydrogen (secondary N) is 1. The molecule has 25 heavy (non-hydrogen) atoms. The number of aromatic nitrogens is 2. The summed E-state index contributed by atoms with van der Waals surface area (Å²) < 4.78 is 0. The van der Waals surface area contributed by atoms with Crippen molar-refractivity contribution in [3.05, 3.63) is 44.6 Å². The molecular weight excluding hydrogens is 366 g/mol. The predicted molar refractivity (Wildman–Crippen MR) is 88.5 cm³/mol. The largest absolute Gasteiger partial charge is 0.480 e. The SMILES string of the molecule is O=C(O)CN1C(=O)[C@@H]2[C@H](c3cccnc3)c3sc(=O)[nH]c3S[C@@H]2C1=O. The highest BCUT2D eigenvalue weighted by Gasteiger charge is 2.56.